The SMILES string of the molecule is C=C(N=C(N)/C(=C\N)C1CC1)C(=C)c1cccnc1N(N)Cc1ccccc1F. The Balaban J connectivity index is 1.83. The quantitative estimate of drug-likeness (QED) is 0.210. The number of pyridine rings is 1. The molecular weight excluding hydrogens is 367 g/mol. The Morgan fingerprint density at radius 2 is 1.97 bits per heavy atom. The highest BCUT2D eigenvalue weighted by Gasteiger charge is 2.28. The predicted octanol–water partition coefficient (Wildman–Crippen LogP) is 3.24. The highest BCUT2D eigenvalue weighted by molar-refractivity contribution is 6.00. The minimum atomic E-state index is -0.331. The molecule has 1 saturated carbocycles. The maximum absolute atomic E-state index is 14.0. The molecule has 0 unspecified atom stereocenters. The van der Waals surface area contributed by atoms with Gasteiger partial charge in [-0.1, -0.05) is 31.4 Å². The van der Waals surface area contributed by atoms with Crippen LogP contribution in [0.3, 0.4) is 0 Å². The van der Waals surface area contributed by atoms with E-state index in [4.69, 9.17) is 17.3 Å². The molecule has 1 aromatic carbocycles. The molecule has 0 saturated heterocycles. The summed E-state index contributed by atoms with van der Waals surface area (Å²) in [5.74, 6) is 7.00. The molecule has 1 fully saturated rings. The van der Waals surface area contributed by atoms with Gasteiger partial charge in [-0.2, -0.15) is 0 Å². The van der Waals surface area contributed by atoms with Gasteiger partial charge in [-0.15, -0.1) is 0 Å². The summed E-state index contributed by atoms with van der Waals surface area (Å²) < 4.78 is 14.0. The second-order valence-electron chi connectivity index (χ2n) is 6.91. The lowest BCUT2D eigenvalue weighted by Crippen LogP contribution is -2.32. The number of allylic oxidation sites excluding steroid dienone is 1. The molecule has 0 atom stereocenters. The van der Waals surface area contributed by atoms with Crippen LogP contribution in [0.1, 0.15) is 24.0 Å². The Bertz CT molecular complexity index is 990. The number of benzene rings is 1. The van der Waals surface area contributed by atoms with Crippen LogP contribution in [0.5, 0.6) is 0 Å². The van der Waals surface area contributed by atoms with E-state index in [0.29, 0.717) is 40.0 Å². The number of amidine groups is 1. The van der Waals surface area contributed by atoms with Gasteiger partial charge in [-0.25, -0.2) is 20.2 Å². The fourth-order valence-corrected chi connectivity index (χ4v) is 3.00. The number of nitrogens with two attached hydrogens (primary N) is 3. The van der Waals surface area contributed by atoms with E-state index in [1.54, 1.807) is 30.5 Å². The molecule has 1 aliphatic carbocycles. The standard InChI is InChI=1S/C22H25FN6/c1-14(15(2)28-21(25)19(12-24)16-9-10-16)18-7-5-11-27-22(18)29(26)13-17-6-3-4-8-20(17)23/h3-8,11-12,16H,1-2,9-10,13,24,26H2,(H2,25,28)/b19-12-. The number of aliphatic imine (C=N–C) groups is 1. The molecule has 6 nitrogen and oxygen atoms in total. The van der Waals surface area contributed by atoms with Crippen molar-refractivity contribution >= 4 is 17.2 Å². The zero-order chi connectivity index (χ0) is 21.0. The molecular formula is C22H25FN6. The smallest absolute Gasteiger partial charge is 0.150 e. The third kappa shape index (κ3) is 4.70. The molecule has 0 radical (unpaired) electrons. The fourth-order valence-electron chi connectivity index (χ4n) is 3.00. The van der Waals surface area contributed by atoms with Crippen molar-refractivity contribution in [2.24, 2.45) is 28.2 Å². The van der Waals surface area contributed by atoms with Gasteiger partial charge in [0, 0.05) is 34.7 Å². The second kappa shape index (κ2) is 8.70. The Morgan fingerprint density at radius 3 is 2.62 bits per heavy atom. The largest absolute Gasteiger partial charge is 0.404 e. The minimum Gasteiger partial charge on any atom is -0.404 e. The van der Waals surface area contributed by atoms with Crippen LogP contribution in [0.4, 0.5) is 10.2 Å². The van der Waals surface area contributed by atoms with Gasteiger partial charge in [0.25, 0.3) is 0 Å². The van der Waals surface area contributed by atoms with Crippen LogP contribution >= 0.6 is 0 Å². The second-order valence-corrected chi connectivity index (χ2v) is 6.91. The normalized spacial score (nSPS) is 14.6. The molecule has 0 bridgehead atoms. The lowest BCUT2D eigenvalue weighted by Gasteiger charge is -2.21. The summed E-state index contributed by atoms with van der Waals surface area (Å²) in [6, 6.07) is 10.0. The van der Waals surface area contributed by atoms with E-state index in [0.717, 1.165) is 18.4 Å². The van der Waals surface area contributed by atoms with Crippen molar-refractivity contribution in [1.29, 1.82) is 0 Å². The molecule has 7 heteroatoms. The molecule has 0 aliphatic heterocycles. The number of halogens is 1. The molecule has 2 aromatic rings. The van der Waals surface area contributed by atoms with Crippen molar-refractivity contribution in [3.63, 3.8) is 0 Å². The molecule has 1 aliphatic rings. The molecule has 0 spiro atoms. The van der Waals surface area contributed by atoms with Crippen molar-refractivity contribution in [1.82, 2.24) is 4.98 Å². The summed E-state index contributed by atoms with van der Waals surface area (Å²) in [6.07, 6.45) is 5.21. The van der Waals surface area contributed by atoms with E-state index in [1.165, 1.54) is 17.3 Å². The van der Waals surface area contributed by atoms with Crippen LogP contribution in [-0.4, -0.2) is 10.8 Å². The average Bonchev–Trinajstić information content (AvgIpc) is 3.54. The van der Waals surface area contributed by atoms with Crippen molar-refractivity contribution in [2.45, 2.75) is 19.4 Å². The molecule has 3 rings (SSSR count). The zero-order valence-electron chi connectivity index (χ0n) is 16.2. The summed E-state index contributed by atoms with van der Waals surface area (Å²) in [5, 5.41) is 1.37. The summed E-state index contributed by atoms with van der Waals surface area (Å²) >= 11 is 0. The van der Waals surface area contributed by atoms with Crippen LogP contribution in [0, 0.1) is 11.7 Å². The van der Waals surface area contributed by atoms with Gasteiger partial charge in [0.15, 0.2) is 5.82 Å². The van der Waals surface area contributed by atoms with Gasteiger partial charge in [0.1, 0.15) is 11.7 Å². The maximum Gasteiger partial charge on any atom is 0.150 e. The first-order valence-electron chi connectivity index (χ1n) is 9.28. The van der Waals surface area contributed by atoms with Crippen molar-refractivity contribution in [3.05, 3.63) is 90.2 Å². The first-order chi connectivity index (χ1) is 13.9. The third-order valence-corrected chi connectivity index (χ3v) is 4.78. The number of rotatable bonds is 8. The van der Waals surface area contributed by atoms with Crippen LogP contribution in [0.15, 0.2) is 78.2 Å². The Morgan fingerprint density at radius 1 is 1.24 bits per heavy atom. The highest BCUT2D eigenvalue weighted by atomic mass is 19.1. The number of aromatic nitrogens is 1. The molecule has 1 aromatic heterocycles. The molecule has 6 N–H and O–H groups in total. The van der Waals surface area contributed by atoms with E-state index in [2.05, 4.69) is 23.1 Å². The van der Waals surface area contributed by atoms with Gasteiger partial charge in [0.2, 0.25) is 0 Å². The van der Waals surface area contributed by atoms with E-state index in [9.17, 15) is 4.39 Å². The Labute approximate surface area is 169 Å². The Kier molecular flexibility index (Phi) is 6.09. The highest BCUT2D eigenvalue weighted by Crippen LogP contribution is 2.36. The van der Waals surface area contributed by atoms with Crippen molar-refractivity contribution in [3.8, 4) is 0 Å². The first kappa shape index (κ1) is 20.3. The number of hydrogen-bond acceptors (Lipinski definition) is 5. The Hall–Kier alpha value is -3.45. The summed E-state index contributed by atoms with van der Waals surface area (Å²) in [7, 11) is 0. The fraction of sp³-hybridized carbons (Fsp3) is 0.182. The van der Waals surface area contributed by atoms with Gasteiger partial charge in [0.05, 0.1) is 12.2 Å². The van der Waals surface area contributed by atoms with Gasteiger partial charge in [-0.05, 0) is 37.0 Å². The number of hydrogen-bond donors (Lipinski definition) is 3. The third-order valence-electron chi connectivity index (χ3n) is 4.78. The zero-order valence-corrected chi connectivity index (χ0v) is 16.2. The lowest BCUT2D eigenvalue weighted by molar-refractivity contribution is 0.605. The van der Waals surface area contributed by atoms with Crippen molar-refractivity contribution < 1.29 is 4.39 Å². The van der Waals surface area contributed by atoms with Crippen LogP contribution in [0.2, 0.25) is 0 Å². The van der Waals surface area contributed by atoms with Gasteiger partial charge < -0.3 is 11.5 Å². The maximum atomic E-state index is 14.0. The summed E-state index contributed by atoms with van der Waals surface area (Å²) in [5.41, 5.74) is 14.6. The first-order valence-corrected chi connectivity index (χ1v) is 9.28. The van der Waals surface area contributed by atoms with E-state index in [1.807, 2.05) is 6.07 Å². The van der Waals surface area contributed by atoms with Gasteiger partial charge in [-0.3, -0.25) is 5.01 Å². The van der Waals surface area contributed by atoms with Crippen LogP contribution in [-0.2, 0) is 6.54 Å². The topological polar surface area (TPSA) is 107 Å². The lowest BCUT2D eigenvalue weighted by atomic mass is 10.1. The molecule has 1 heterocycles. The minimum absolute atomic E-state index is 0.142. The molecule has 29 heavy (non-hydrogen) atoms. The molecule has 0 amide bonds. The monoisotopic (exact) mass is 392 g/mol. The summed E-state index contributed by atoms with van der Waals surface area (Å²) in [4.78, 5) is 8.73. The van der Waals surface area contributed by atoms with Crippen molar-refractivity contribution in [2.75, 3.05) is 5.01 Å². The number of hydrazine groups is 1. The summed E-state index contributed by atoms with van der Waals surface area (Å²) in [6.45, 7) is 8.21. The van der Waals surface area contributed by atoms with E-state index < -0.39 is 0 Å². The average molecular weight is 392 g/mol. The van der Waals surface area contributed by atoms with Crippen LogP contribution < -0.4 is 22.3 Å². The van der Waals surface area contributed by atoms with E-state index >= 15 is 0 Å². The molecule has 150 valence electrons. The predicted molar refractivity (Wildman–Crippen MR) is 116 cm³/mol. The van der Waals surface area contributed by atoms with Gasteiger partial charge >= 0.3 is 0 Å². The van der Waals surface area contributed by atoms with E-state index in [-0.39, 0.29) is 12.4 Å². The number of nitrogens with zero attached hydrogens (tertiary/aromatic N) is 3. The van der Waals surface area contributed by atoms with Crippen LogP contribution in [0.25, 0.3) is 5.57 Å². The number of anilines is 1.